The Morgan fingerprint density at radius 2 is 1.42 bits per heavy atom. The predicted molar refractivity (Wildman–Crippen MR) is 101 cm³/mol. The van der Waals surface area contributed by atoms with Crippen LogP contribution in [0.15, 0.2) is 30.6 Å². The molecular formula is C19H14O12. The maximum Gasteiger partial charge on any atom is 0.344 e. The molecule has 0 amide bonds. The zero-order valence-electron chi connectivity index (χ0n) is 15.3. The first-order valence-corrected chi connectivity index (χ1v) is 8.95. The van der Waals surface area contributed by atoms with Crippen molar-refractivity contribution in [1.29, 1.82) is 0 Å². The summed E-state index contributed by atoms with van der Waals surface area (Å²) in [5, 5.41) is 59.3. The Labute approximate surface area is 169 Å². The Kier molecular flexibility index (Phi) is 4.04. The van der Waals surface area contributed by atoms with Gasteiger partial charge < -0.3 is 48.9 Å². The second kappa shape index (κ2) is 6.46. The molecule has 0 saturated carbocycles. The molecule has 1 fully saturated rings. The van der Waals surface area contributed by atoms with Crippen molar-refractivity contribution in [2.45, 2.75) is 24.6 Å². The van der Waals surface area contributed by atoms with Gasteiger partial charge in [-0.3, -0.25) is 0 Å². The van der Waals surface area contributed by atoms with E-state index in [0.29, 0.717) is 0 Å². The molecule has 31 heavy (non-hydrogen) atoms. The van der Waals surface area contributed by atoms with Crippen molar-refractivity contribution in [1.82, 2.24) is 0 Å². The number of aliphatic hydroxyl groups is 3. The minimum absolute atomic E-state index is 0.0603. The molecule has 4 atom stereocenters. The molecule has 12 heteroatoms. The van der Waals surface area contributed by atoms with Crippen molar-refractivity contribution in [3.63, 3.8) is 0 Å². The van der Waals surface area contributed by atoms with Gasteiger partial charge in [0, 0.05) is 10.8 Å². The number of phenols is 3. The van der Waals surface area contributed by atoms with Gasteiger partial charge >= 0.3 is 11.3 Å². The molecule has 1 aliphatic heterocycles. The van der Waals surface area contributed by atoms with Gasteiger partial charge in [-0.15, -0.1) is 0 Å². The maximum atomic E-state index is 12.5. The summed E-state index contributed by atoms with van der Waals surface area (Å²) in [7, 11) is 0. The SMILES string of the molecule is O=c1oc2c(OC3OC[C@@H](O)[C@H](O)[C@@H]3O)c(O)cc3c(=O)oc4c(O)c(O)cc1c4c23. The number of hydrogen-bond acceptors (Lipinski definition) is 12. The minimum Gasteiger partial charge on any atom is -0.504 e. The van der Waals surface area contributed by atoms with Crippen LogP contribution in [0, 0.1) is 0 Å². The van der Waals surface area contributed by atoms with Crippen LogP contribution >= 0.6 is 0 Å². The third kappa shape index (κ3) is 2.63. The normalized spacial score (nSPS) is 24.4. The van der Waals surface area contributed by atoms with E-state index in [2.05, 4.69) is 0 Å². The van der Waals surface area contributed by atoms with Gasteiger partial charge in [-0.25, -0.2) is 9.59 Å². The average Bonchev–Trinajstić information content (AvgIpc) is 2.73. The topological polar surface area (TPSA) is 200 Å². The molecule has 0 aliphatic carbocycles. The molecule has 3 heterocycles. The van der Waals surface area contributed by atoms with Crippen LogP contribution in [0.1, 0.15) is 0 Å². The van der Waals surface area contributed by atoms with Gasteiger partial charge in [-0.05, 0) is 12.1 Å². The van der Waals surface area contributed by atoms with Crippen LogP contribution in [0.3, 0.4) is 0 Å². The first-order valence-electron chi connectivity index (χ1n) is 8.95. The lowest BCUT2D eigenvalue weighted by Gasteiger charge is -2.35. The largest absolute Gasteiger partial charge is 0.504 e. The number of ether oxygens (including phenoxy) is 2. The lowest BCUT2D eigenvalue weighted by atomic mass is 10.0. The number of aliphatic hydroxyl groups excluding tert-OH is 3. The van der Waals surface area contributed by atoms with Crippen LogP contribution in [-0.2, 0) is 4.74 Å². The Morgan fingerprint density at radius 1 is 0.839 bits per heavy atom. The van der Waals surface area contributed by atoms with Crippen LogP contribution in [0.5, 0.6) is 23.0 Å². The highest BCUT2D eigenvalue weighted by Crippen LogP contribution is 2.45. The number of hydrogen-bond donors (Lipinski definition) is 6. The maximum absolute atomic E-state index is 12.5. The van der Waals surface area contributed by atoms with Gasteiger partial charge in [0.2, 0.25) is 17.8 Å². The molecule has 0 bridgehead atoms. The highest BCUT2D eigenvalue weighted by atomic mass is 16.7. The van der Waals surface area contributed by atoms with Gasteiger partial charge in [0.15, 0.2) is 22.7 Å². The van der Waals surface area contributed by atoms with Crippen molar-refractivity contribution in [3.05, 3.63) is 33.0 Å². The van der Waals surface area contributed by atoms with Crippen molar-refractivity contribution in [3.8, 4) is 23.0 Å². The lowest BCUT2D eigenvalue weighted by Crippen LogP contribution is -2.54. The fourth-order valence-corrected chi connectivity index (χ4v) is 3.68. The van der Waals surface area contributed by atoms with Crippen molar-refractivity contribution < 1.29 is 48.9 Å². The molecule has 0 spiro atoms. The lowest BCUT2D eigenvalue weighted by molar-refractivity contribution is -0.242. The van der Waals surface area contributed by atoms with Gasteiger partial charge in [0.25, 0.3) is 0 Å². The summed E-state index contributed by atoms with van der Waals surface area (Å²) in [5.41, 5.74) is -2.93. The van der Waals surface area contributed by atoms with Crippen molar-refractivity contribution in [2.75, 3.05) is 6.61 Å². The summed E-state index contributed by atoms with van der Waals surface area (Å²) in [6.07, 6.45) is -6.27. The van der Waals surface area contributed by atoms with Gasteiger partial charge in [-0.2, -0.15) is 0 Å². The highest BCUT2D eigenvalue weighted by molar-refractivity contribution is 6.22. The summed E-state index contributed by atoms with van der Waals surface area (Å²) >= 11 is 0. The van der Waals surface area contributed by atoms with E-state index in [1.54, 1.807) is 0 Å². The van der Waals surface area contributed by atoms with Gasteiger partial charge in [-0.1, -0.05) is 0 Å². The van der Waals surface area contributed by atoms with Crippen LogP contribution < -0.4 is 16.0 Å². The zero-order chi connectivity index (χ0) is 22.2. The van der Waals surface area contributed by atoms with E-state index in [-0.39, 0.29) is 21.5 Å². The van der Waals surface area contributed by atoms with Gasteiger partial charge in [0.1, 0.15) is 18.3 Å². The molecule has 6 N–H and O–H groups in total. The highest BCUT2D eigenvalue weighted by Gasteiger charge is 2.40. The van der Waals surface area contributed by atoms with E-state index < -0.39 is 76.6 Å². The minimum atomic E-state index is -1.72. The fourth-order valence-electron chi connectivity index (χ4n) is 3.68. The number of benzene rings is 2. The molecule has 2 aromatic heterocycles. The zero-order valence-corrected chi connectivity index (χ0v) is 15.3. The monoisotopic (exact) mass is 434 g/mol. The second-order valence-electron chi connectivity index (χ2n) is 7.12. The summed E-state index contributed by atoms with van der Waals surface area (Å²) in [4.78, 5) is 25.0. The quantitative estimate of drug-likeness (QED) is 0.133. The Hall–Kier alpha value is -3.58. The van der Waals surface area contributed by atoms with Crippen molar-refractivity contribution in [2.24, 2.45) is 0 Å². The van der Waals surface area contributed by atoms with Gasteiger partial charge in [0.05, 0.1) is 17.4 Å². The molecule has 2 aromatic carbocycles. The van der Waals surface area contributed by atoms with E-state index in [1.165, 1.54) is 0 Å². The van der Waals surface area contributed by atoms with E-state index in [4.69, 9.17) is 18.3 Å². The molecular weight excluding hydrogens is 420 g/mol. The Bertz CT molecular complexity index is 1450. The van der Waals surface area contributed by atoms with Crippen LogP contribution in [0.4, 0.5) is 0 Å². The molecule has 0 radical (unpaired) electrons. The Balaban J connectivity index is 1.82. The summed E-state index contributed by atoms with van der Waals surface area (Å²) in [5.74, 6) is -2.67. The number of rotatable bonds is 2. The van der Waals surface area contributed by atoms with E-state index in [9.17, 15) is 40.2 Å². The molecule has 162 valence electrons. The third-order valence-corrected chi connectivity index (χ3v) is 5.22. The smallest absolute Gasteiger partial charge is 0.344 e. The molecule has 1 aliphatic rings. The number of phenolic OH excluding ortho intramolecular Hbond substituents is 3. The summed E-state index contributed by atoms with van der Waals surface area (Å²) < 4.78 is 20.9. The van der Waals surface area contributed by atoms with E-state index in [0.717, 1.165) is 12.1 Å². The summed E-state index contributed by atoms with van der Waals surface area (Å²) in [6.45, 7) is -0.393. The molecule has 5 rings (SSSR count). The molecule has 4 aromatic rings. The summed E-state index contributed by atoms with van der Waals surface area (Å²) in [6, 6.07) is 1.90. The van der Waals surface area contributed by atoms with Crippen LogP contribution in [0.2, 0.25) is 0 Å². The standard InChI is InChI=1S/C19H14O12/c20-6-1-4-9-10-5(17(26)29-15(9)12(6)24)2-7(21)14(16(10)30-18(4)27)31-19-13(25)11(23)8(22)3-28-19/h1-2,8,11,13,19-25H,3H2/t8-,11+,13+,19?/m1/s1. The Morgan fingerprint density at radius 3 is 2.10 bits per heavy atom. The molecule has 1 saturated heterocycles. The van der Waals surface area contributed by atoms with E-state index in [1.807, 2.05) is 0 Å². The first kappa shape index (κ1) is 19.4. The first-order chi connectivity index (χ1) is 14.7. The van der Waals surface area contributed by atoms with E-state index >= 15 is 0 Å². The fraction of sp³-hybridized carbons (Fsp3) is 0.263. The predicted octanol–water partition coefficient (Wildman–Crippen LogP) is -0.575. The van der Waals surface area contributed by atoms with Crippen LogP contribution in [0.25, 0.3) is 32.7 Å². The molecule has 12 nitrogen and oxygen atoms in total. The van der Waals surface area contributed by atoms with Crippen molar-refractivity contribution >= 4 is 32.7 Å². The van der Waals surface area contributed by atoms with Crippen LogP contribution in [-0.4, -0.2) is 61.8 Å². The second-order valence-corrected chi connectivity index (χ2v) is 7.12. The number of aromatic hydroxyl groups is 3. The molecule has 1 unspecified atom stereocenters. The third-order valence-electron chi connectivity index (χ3n) is 5.22. The average molecular weight is 434 g/mol.